The number of aliphatic imine (C=N–C) groups is 1. The van der Waals surface area contributed by atoms with Crippen LogP contribution in [0.1, 0.15) is 45.4 Å². The molecule has 166 valence electrons. The van der Waals surface area contributed by atoms with Crippen molar-refractivity contribution >= 4 is 29.9 Å². The van der Waals surface area contributed by atoms with Crippen LogP contribution in [0.4, 0.5) is 0 Å². The first-order chi connectivity index (χ1) is 13.3. The number of rotatable bonds is 11. The normalized spacial score (nSPS) is 21.4. The highest BCUT2D eigenvalue weighted by Crippen LogP contribution is 2.18. The van der Waals surface area contributed by atoms with Gasteiger partial charge in [0.15, 0.2) is 5.96 Å². The van der Waals surface area contributed by atoms with Crippen molar-refractivity contribution in [3.05, 3.63) is 0 Å². The largest absolute Gasteiger partial charge is 0.382 e. The maximum Gasteiger partial charge on any atom is 0.193 e. The van der Waals surface area contributed by atoms with Gasteiger partial charge in [0.1, 0.15) is 0 Å². The quantitative estimate of drug-likeness (QED) is 0.199. The van der Waals surface area contributed by atoms with Crippen LogP contribution in [0.25, 0.3) is 0 Å². The number of ether oxygens (including phenoxy) is 4. The zero-order valence-corrected chi connectivity index (χ0v) is 20.0. The van der Waals surface area contributed by atoms with Crippen LogP contribution in [-0.4, -0.2) is 89.4 Å². The zero-order valence-electron chi connectivity index (χ0n) is 17.7. The molecule has 1 unspecified atom stereocenters. The van der Waals surface area contributed by atoms with Crippen molar-refractivity contribution in [2.24, 2.45) is 4.99 Å². The molecule has 2 fully saturated rings. The molecule has 2 rings (SSSR count). The second-order valence-corrected chi connectivity index (χ2v) is 7.20. The van der Waals surface area contributed by atoms with Gasteiger partial charge in [-0.1, -0.05) is 0 Å². The Morgan fingerprint density at radius 1 is 1.14 bits per heavy atom. The molecule has 0 amide bonds. The number of piperidine rings is 1. The Labute approximate surface area is 187 Å². The van der Waals surface area contributed by atoms with E-state index in [0.717, 1.165) is 77.6 Å². The average molecular weight is 513 g/mol. The fourth-order valence-corrected chi connectivity index (χ4v) is 3.44. The second kappa shape index (κ2) is 16.6. The van der Waals surface area contributed by atoms with Crippen molar-refractivity contribution in [1.82, 2.24) is 10.2 Å². The Balaban J connectivity index is 0.00000392. The van der Waals surface area contributed by atoms with Crippen LogP contribution in [0.2, 0.25) is 0 Å². The van der Waals surface area contributed by atoms with Gasteiger partial charge in [0, 0.05) is 46.5 Å². The fourth-order valence-electron chi connectivity index (χ4n) is 3.44. The topological polar surface area (TPSA) is 64.6 Å². The number of nitrogens with one attached hydrogen (secondary N) is 1. The van der Waals surface area contributed by atoms with Crippen molar-refractivity contribution in [3.8, 4) is 0 Å². The van der Waals surface area contributed by atoms with Gasteiger partial charge in [-0.05, 0) is 45.4 Å². The molecular formula is C20H40IN3O4. The molecule has 2 heterocycles. The highest BCUT2D eigenvalue weighted by molar-refractivity contribution is 14.0. The number of nitrogens with zero attached hydrogens (tertiary/aromatic N) is 2. The van der Waals surface area contributed by atoms with Crippen LogP contribution < -0.4 is 5.32 Å². The fraction of sp³-hybridized carbons (Fsp3) is 0.950. The third-order valence-corrected chi connectivity index (χ3v) is 5.01. The van der Waals surface area contributed by atoms with E-state index in [1.165, 1.54) is 12.8 Å². The van der Waals surface area contributed by atoms with Gasteiger partial charge in [-0.2, -0.15) is 0 Å². The predicted molar refractivity (Wildman–Crippen MR) is 123 cm³/mol. The number of likely N-dealkylation sites (tertiary alicyclic amines) is 1. The Kier molecular flexibility index (Phi) is 15.4. The Bertz CT molecular complexity index is 401. The number of methoxy groups -OCH3 is 1. The summed E-state index contributed by atoms with van der Waals surface area (Å²) >= 11 is 0. The monoisotopic (exact) mass is 513 g/mol. The van der Waals surface area contributed by atoms with Crippen molar-refractivity contribution in [1.29, 1.82) is 0 Å². The second-order valence-electron chi connectivity index (χ2n) is 7.20. The molecule has 1 N–H and O–H groups in total. The molecule has 0 radical (unpaired) electrons. The summed E-state index contributed by atoms with van der Waals surface area (Å²) in [5, 5.41) is 3.42. The summed E-state index contributed by atoms with van der Waals surface area (Å²) in [7, 11) is 1.69. The summed E-state index contributed by atoms with van der Waals surface area (Å²) in [6.45, 7) is 9.45. The first-order valence-electron chi connectivity index (χ1n) is 10.7. The van der Waals surface area contributed by atoms with Crippen molar-refractivity contribution in [2.45, 2.75) is 57.7 Å². The SMILES string of the molecule is CCNC(=NCCCOCCOC)N1CCC(OCC2CCCCO2)CC1.I. The molecule has 0 aromatic carbocycles. The van der Waals surface area contributed by atoms with E-state index in [1.54, 1.807) is 7.11 Å². The number of guanidine groups is 1. The highest BCUT2D eigenvalue weighted by atomic mass is 127. The maximum absolute atomic E-state index is 6.12. The third-order valence-electron chi connectivity index (χ3n) is 5.01. The van der Waals surface area contributed by atoms with E-state index in [1.807, 2.05) is 0 Å². The van der Waals surface area contributed by atoms with Gasteiger partial charge in [0.2, 0.25) is 0 Å². The molecule has 28 heavy (non-hydrogen) atoms. The molecule has 0 bridgehead atoms. The molecule has 0 aliphatic carbocycles. The Morgan fingerprint density at radius 2 is 1.96 bits per heavy atom. The Hall–Kier alpha value is -0.160. The van der Waals surface area contributed by atoms with Crippen LogP contribution >= 0.6 is 24.0 Å². The van der Waals surface area contributed by atoms with Crippen LogP contribution in [0, 0.1) is 0 Å². The molecule has 0 aromatic rings. The van der Waals surface area contributed by atoms with Crippen LogP contribution in [-0.2, 0) is 18.9 Å². The standard InChI is InChI=1S/C20H39N3O4.HI/c1-3-21-20(22-10-6-13-25-16-15-24-2)23-11-8-18(9-12-23)27-17-19-7-4-5-14-26-19;/h18-19H,3-17H2,1-2H3,(H,21,22);1H. The summed E-state index contributed by atoms with van der Waals surface area (Å²) in [6, 6.07) is 0. The lowest BCUT2D eigenvalue weighted by Crippen LogP contribution is -2.47. The summed E-state index contributed by atoms with van der Waals surface area (Å²) in [4.78, 5) is 7.11. The van der Waals surface area contributed by atoms with Gasteiger partial charge in [-0.3, -0.25) is 4.99 Å². The minimum absolute atomic E-state index is 0. The van der Waals surface area contributed by atoms with Crippen LogP contribution in [0.15, 0.2) is 4.99 Å². The first-order valence-corrected chi connectivity index (χ1v) is 10.7. The minimum atomic E-state index is 0. The summed E-state index contributed by atoms with van der Waals surface area (Å²) < 4.78 is 22.4. The van der Waals surface area contributed by atoms with Gasteiger partial charge in [0.25, 0.3) is 0 Å². The van der Waals surface area contributed by atoms with Crippen molar-refractivity contribution in [2.75, 3.05) is 66.3 Å². The molecule has 2 saturated heterocycles. The van der Waals surface area contributed by atoms with Gasteiger partial charge >= 0.3 is 0 Å². The molecule has 0 saturated carbocycles. The molecule has 1 atom stereocenters. The highest BCUT2D eigenvalue weighted by Gasteiger charge is 2.23. The minimum Gasteiger partial charge on any atom is -0.382 e. The van der Waals surface area contributed by atoms with Crippen LogP contribution in [0.5, 0.6) is 0 Å². The van der Waals surface area contributed by atoms with Crippen molar-refractivity contribution < 1.29 is 18.9 Å². The molecule has 2 aliphatic rings. The van der Waals surface area contributed by atoms with E-state index in [0.29, 0.717) is 25.4 Å². The lowest BCUT2D eigenvalue weighted by Gasteiger charge is -2.35. The van der Waals surface area contributed by atoms with E-state index in [4.69, 9.17) is 23.9 Å². The number of halogens is 1. The Morgan fingerprint density at radius 3 is 2.64 bits per heavy atom. The summed E-state index contributed by atoms with van der Waals surface area (Å²) in [6.07, 6.45) is 7.30. The third kappa shape index (κ3) is 10.6. The van der Waals surface area contributed by atoms with E-state index < -0.39 is 0 Å². The molecule has 7 nitrogen and oxygen atoms in total. The lowest BCUT2D eigenvalue weighted by molar-refractivity contribution is -0.0721. The van der Waals surface area contributed by atoms with Crippen molar-refractivity contribution in [3.63, 3.8) is 0 Å². The molecule has 0 aromatic heterocycles. The maximum atomic E-state index is 6.12. The number of hydrogen-bond acceptors (Lipinski definition) is 5. The van der Waals surface area contributed by atoms with Gasteiger partial charge in [0.05, 0.1) is 32.0 Å². The van der Waals surface area contributed by atoms with E-state index >= 15 is 0 Å². The molecular weight excluding hydrogens is 473 g/mol. The van der Waals surface area contributed by atoms with Gasteiger partial charge < -0.3 is 29.2 Å². The lowest BCUT2D eigenvalue weighted by atomic mass is 10.1. The van der Waals surface area contributed by atoms with Crippen LogP contribution in [0.3, 0.4) is 0 Å². The molecule has 0 spiro atoms. The summed E-state index contributed by atoms with van der Waals surface area (Å²) in [5.74, 6) is 1.02. The zero-order chi connectivity index (χ0) is 19.2. The first kappa shape index (κ1) is 25.9. The van der Waals surface area contributed by atoms with E-state index in [9.17, 15) is 0 Å². The predicted octanol–water partition coefficient (Wildman–Crippen LogP) is 2.67. The molecule has 2 aliphatic heterocycles. The van der Waals surface area contributed by atoms with E-state index in [2.05, 4.69) is 17.1 Å². The number of hydrogen-bond donors (Lipinski definition) is 1. The van der Waals surface area contributed by atoms with Gasteiger partial charge in [-0.15, -0.1) is 24.0 Å². The van der Waals surface area contributed by atoms with Gasteiger partial charge in [-0.25, -0.2) is 0 Å². The smallest absolute Gasteiger partial charge is 0.193 e. The van der Waals surface area contributed by atoms with E-state index in [-0.39, 0.29) is 24.0 Å². The summed E-state index contributed by atoms with van der Waals surface area (Å²) in [5.41, 5.74) is 0. The average Bonchev–Trinajstić information content (AvgIpc) is 2.72. The molecule has 8 heteroatoms.